The molecular weight excluding hydrogens is 462 g/mol. The van der Waals surface area contributed by atoms with E-state index < -0.39 is 11.9 Å². The van der Waals surface area contributed by atoms with Crippen LogP contribution in [0.4, 0.5) is 5.13 Å². The van der Waals surface area contributed by atoms with Crippen LogP contribution >= 0.6 is 11.3 Å². The number of rotatable bonds is 7. The average Bonchev–Trinajstić information content (AvgIpc) is 3.43. The number of anilines is 1. The molecule has 4 aromatic rings. The fourth-order valence-electron chi connectivity index (χ4n) is 4.18. The van der Waals surface area contributed by atoms with Crippen LogP contribution in [0.3, 0.4) is 0 Å². The van der Waals surface area contributed by atoms with Crippen molar-refractivity contribution >= 4 is 33.3 Å². The third-order valence-electron chi connectivity index (χ3n) is 6.05. The molecular formula is C27H27N3O4S. The second-order valence-electron chi connectivity index (χ2n) is 9.43. The lowest BCUT2D eigenvalue weighted by Gasteiger charge is -2.22. The predicted octanol–water partition coefficient (Wildman–Crippen LogP) is 5.94. The maximum atomic E-state index is 13.7. The smallest absolute Gasteiger partial charge is 0.297 e. The molecule has 0 N–H and O–H groups in total. The summed E-state index contributed by atoms with van der Waals surface area (Å²) in [6.07, 6.45) is 0.930. The molecule has 0 aliphatic carbocycles. The summed E-state index contributed by atoms with van der Waals surface area (Å²) in [6, 6.07) is 13.8. The quantitative estimate of drug-likeness (QED) is 0.319. The van der Waals surface area contributed by atoms with E-state index in [4.69, 9.17) is 9.15 Å². The molecule has 2 aromatic heterocycles. The van der Waals surface area contributed by atoms with Crippen LogP contribution in [-0.2, 0) is 0 Å². The minimum Gasteiger partial charge on any atom is -0.494 e. The number of ether oxygens (including phenoxy) is 1. The lowest BCUT2D eigenvalue weighted by atomic mass is 9.98. The fraction of sp³-hybridized carbons (Fsp3) is 0.333. The summed E-state index contributed by atoms with van der Waals surface area (Å²) in [7, 11) is 0. The van der Waals surface area contributed by atoms with Crippen LogP contribution in [-0.4, -0.2) is 22.7 Å². The highest BCUT2D eigenvalue weighted by molar-refractivity contribution is 7.15. The number of para-hydroxylation sites is 1. The summed E-state index contributed by atoms with van der Waals surface area (Å²) < 4.78 is 12.0. The van der Waals surface area contributed by atoms with Gasteiger partial charge in [-0.1, -0.05) is 63.3 Å². The van der Waals surface area contributed by atoms with Gasteiger partial charge in [-0.2, -0.15) is 0 Å². The topological polar surface area (TPSA) is 85.5 Å². The van der Waals surface area contributed by atoms with E-state index in [0.29, 0.717) is 39.9 Å². The summed E-state index contributed by atoms with van der Waals surface area (Å²) in [5.41, 5.74) is 1.23. The van der Waals surface area contributed by atoms with Crippen LogP contribution in [0.2, 0.25) is 0 Å². The van der Waals surface area contributed by atoms with Crippen LogP contribution < -0.4 is 15.1 Å². The van der Waals surface area contributed by atoms with Gasteiger partial charge in [0.05, 0.1) is 23.6 Å². The van der Waals surface area contributed by atoms with Gasteiger partial charge < -0.3 is 9.15 Å². The zero-order valence-electron chi connectivity index (χ0n) is 20.1. The maximum Gasteiger partial charge on any atom is 0.297 e. The van der Waals surface area contributed by atoms with Crippen molar-refractivity contribution in [3.05, 3.63) is 80.6 Å². The van der Waals surface area contributed by atoms with Gasteiger partial charge in [0.25, 0.3) is 5.91 Å². The lowest BCUT2D eigenvalue weighted by molar-refractivity contribution is 0.0970. The molecule has 0 saturated carbocycles. The number of aromatic nitrogens is 2. The lowest BCUT2D eigenvalue weighted by Crippen LogP contribution is -2.29. The monoisotopic (exact) mass is 489 g/mol. The number of amides is 1. The molecule has 1 amide bonds. The van der Waals surface area contributed by atoms with Gasteiger partial charge in [0.2, 0.25) is 10.9 Å². The first-order valence-electron chi connectivity index (χ1n) is 11.8. The number of carbonyl (C=O) groups is 1. The Morgan fingerprint density at radius 1 is 1.06 bits per heavy atom. The first kappa shape index (κ1) is 23.2. The maximum absolute atomic E-state index is 13.7. The van der Waals surface area contributed by atoms with E-state index >= 15 is 0 Å². The first-order chi connectivity index (χ1) is 16.8. The van der Waals surface area contributed by atoms with Gasteiger partial charge in [-0.05, 0) is 42.2 Å². The van der Waals surface area contributed by atoms with Crippen molar-refractivity contribution in [2.24, 2.45) is 5.92 Å². The van der Waals surface area contributed by atoms with Gasteiger partial charge in [-0.3, -0.25) is 14.5 Å². The van der Waals surface area contributed by atoms with Crippen molar-refractivity contribution in [2.45, 2.75) is 46.1 Å². The highest BCUT2D eigenvalue weighted by atomic mass is 32.1. The molecule has 0 spiro atoms. The van der Waals surface area contributed by atoms with E-state index in [9.17, 15) is 9.59 Å². The zero-order valence-corrected chi connectivity index (χ0v) is 21.0. The van der Waals surface area contributed by atoms with E-state index in [2.05, 4.69) is 24.0 Å². The van der Waals surface area contributed by atoms with E-state index in [1.165, 1.54) is 16.2 Å². The average molecular weight is 490 g/mol. The Morgan fingerprint density at radius 2 is 1.86 bits per heavy atom. The minimum absolute atomic E-state index is 0.0473. The van der Waals surface area contributed by atoms with Crippen molar-refractivity contribution < 1.29 is 13.9 Å². The SMILES string of the molecule is CC(C)CCOc1cccc([C@@H]2c3c(oc4ccccc4c3=O)C(=O)N2c2nnc(C(C)C)s2)c1. The number of benzene rings is 2. The largest absolute Gasteiger partial charge is 0.494 e. The van der Waals surface area contributed by atoms with Crippen molar-refractivity contribution in [1.82, 2.24) is 10.2 Å². The third kappa shape index (κ3) is 4.23. The summed E-state index contributed by atoms with van der Waals surface area (Å²) in [6.45, 7) is 8.94. The van der Waals surface area contributed by atoms with Gasteiger partial charge in [-0.25, -0.2) is 0 Å². The van der Waals surface area contributed by atoms with Gasteiger partial charge in [-0.15, -0.1) is 10.2 Å². The van der Waals surface area contributed by atoms with Gasteiger partial charge in [0.1, 0.15) is 16.3 Å². The molecule has 1 aliphatic rings. The van der Waals surface area contributed by atoms with Gasteiger partial charge >= 0.3 is 0 Å². The minimum atomic E-state index is -0.694. The summed E-state index contributed by atoms with van der Waals surface area (Å²) >= 11 is 1.35. The molecule has 5 rings (SSSR count). The number of hydrogen-bond acceptors (Lipinski definition) is 7. The predicted molar refractivity (Wildman–Crippen MR) is 137 cm³/mol. The molecule has 0 saturated heterocycles. The molecule has 3 heterocycles. The van der Waals surface area contributed by atoms with Crippen molar-refractivity contribution in [3.8, 4) is 5.75 Å². The Morgan fingerprint density at radius 3 is 2.60 bits per heavy atom. The molecule has 8 heteroatoms. The second kappa shape index (κ2) is 9.26. The molecule has 180 valence electrons. The highest BCUT2D eigenvalue weighted by Gasteiger charge is 2.45. The Labute approximate surface area is 207 Å². The summed E-state index contributed by atoms with van der Waals surface area (Å²) in [5.74, 6) is 1.03. The summed E-state index contributed by atoms with van der Waals surface area (Å²) in [4.78, 5) is 28.9. The number of nitrogens with zero attached hydrogens (tertiary/aromatic N) is 3. The first-order valence-corrected chi connectivity index (χ1v) is 12.6. The molecule has 0 unspecified atom stereocenters. The molecule has 1 aliphatic heterocycles. The van der Waals surface area contributed by atoms with Crippen LogP contribution in [0.15, 0.2) is 57.7 Å². The Kier molecular flexibility index (Phi) is 6.15. The van der Waals surface area contributed by atoms with E-state index in [0.717, 1.165) is 17.0 Å². The van der Waals surface area contributed by atoms with Gasteiger partial charge in [0, 0.05) is 5.92 Å². The van der Waals surface area contributed by atoms with Crippen LogP contribution in [0.25, 0.3) is 11.0 Å². The van der Waals surface area contributed by atoms with E-state index in [1.807, 2.05) is 38.1 Å². The van der Waals surface area contributed by atoms with Crippen LogP contribution in [0.1, 0.15) is 72.8 Å². The highest BCUT2D eigenvalue weighted by Crippen LogP contribution is 2.43. The van der Waals surface area contributed by atoms with Crippen LogP contribution in [0.5, 0.6) is 5.75 Å². The number of carbonyl (C=O) groups excluding carboxylic acids is 1. The van der Waals surface area contributed by atoms with E-state index in [-0.39, 0.29) is 17.1 Å². The Balaban J connectivity index is 1.66. The second-order valence-corrected chi connectivity index (χ2v) is 10.4. The van der Waals surface area contributed by atoms with Crippen molar-refractivity contribution in [3.63, 3.8) is 0 Å². The Hall–Kier alpha value is -3.52. The molecule has 35 heavy (non-hydrogen) atoms. The standard InChI is InChI=1S/C27H27N3O4S/c1-15(2)12-13-33-18-9-7-8-17(14-18)22-21-23(31)19-10-5-6-11-20(19)34-24(21)26(32)30(22)27-29-28-25(35-27)16(3)4/h5-11,14-16,22H,12-13H2,1-4H3/t22-/m1/s1. The molecule has 7 nitrogen and oxygen atoms in total. The molecule has 1 atom stereocenters. The normalized spacial score (nSPS) is 15.4. The fourth-order valence-corrected chi connectivity index (χ4v) is 5.05. The Bertz CT molecular complexity index is 1460. The van der Waals surface area contributed by atoms with Crippen molar-refractivity contribution in [2.75, 3.05) is 11.5 Å². The number of hydrogen-bond donors (Lipinski definition) is 0. The third-order valence-corrected chi connectivity index (χ3v) is 7.27. The van der Waals surface area contributed by atoms with E-state index in [1.54, 1.807) is 24.3 Å². The number of fused-ring (bicyclic) bond motifs is 2. The zero-order chi connectivity index (χ0) is 24.7. The summed E-state index contributed by atoms with van der Waals surface area (Å²) in [5, 5.41) is 10.3. The molecule has 0 fully saturated rings. The van der Waals surface area contributed by atoms with Crippen LogP contribution in [0, 0.1) is 5.92 Å². The van der Waals surface area contributed by atoms with Crippen molar-refractivity contribution in [1.29, 1.82) is 0 Å². The molecule has 2 aromatic carbocycles. The molecule has 0 radical (unpaired) electrons. The van der Waals surface area contributed by atoms with Gasteiger partial charge in [0.15, 0.2) is 5.43 Å². The molecule has 0 bridgehead atoms.